The minimum Gasteiger partial charge on any atom is -0.381 e. The van der Waals surface area contributed by atoms with Gasteiger partial charge < -0.3 is 19.3 Å². The molecule has 0 radical (unpaired) electrons. The second-order valence-electron chi connectivity index (χ2n) is 9.50. The molecular formula is C28H33N3O7S. The number of aromatic nitrogens is 2. The van der Waals surface area contributed by atoms with Gasteiger partial charge in [-0.1, -0.05) is 60.6 Å². The molecule has 4 rings (SSSR count). The molecule has 2 aromatic carbocycles. The number of nitrogens with zero attached hydrogens (tertiary/aromatic N) is 2. The molecule has 2 atom stereocenters. The van der Waals surface area contributed by atoms with Gasteiger partial charge in [0.05, 0.1) is 36.2 Å². The van der Waals surface area contributed by atoms with Crippen molar-refractivity contribution in [2.45, 2.75) is 44.1 Å². The SMILES string of the molecule is CC[C@H](NC(=O)C(COC1CCOCC1)CS(=O)(=O)Cc1ccccc1)C(=O)c1noc(-c2ccccc2)n1. The van der Waals surface area contributed by atoms with Crippen molar-refractivity contribution in [3.63, 3.8) is 0 Å². The summed E-state index contributed by atoms with van der Waals surface area (Å²) in [6.07, 6.45) is 1.47. The summed E-state index contributed by atoms with van der Waals surface area (Å²) in [7, 11) is -3.66. The van der Waals surface area contributed by atoms with Gasteiger partial charge in [0.15, 0.2) is 9.84 Å². The first-order chi connectivity index (χ1) is 18.8. The van der Waals surface area contributed by atoms with E-state index >= 15 is 0 Å². The number of nitrogens with one attached hydrogen (secondary N) is 1. The number of hydrogen-bond donors (Lipinski definition) is 1. The Balaban J connectivity index is 1.46. The standard InChI is InChI=1S/C28H33N3O7S/c1-2-24(25(32)26-30-28(38-31-26)21-11-7-4-8-12-21)29-27(33)22(17-37-23-13-15-36-16-14-23)19-39(34,35)18-20-9-5-3-6-10-20/h3-12,22-24H,2,13-19H2,1H3,(H,29,33)/t22?,24-/m0/s1. The number of amides is 1. The van der Waals surface area contributed by atoms with Crippen molar-refractivity contribution in [1.29, 1.82) is 0 Å². The Morgan fingerprint density at radius 2 is 1.72 bits per heavy atom. The van der Waals surface area contributed by atoms with Crippen molar-refractivity contribution >= 4 is 21.5 Å². The molecule has 1 N–H and O–H groups in total. The van der Waals surface area contributed by atoms with E-state index in [9.17, 15) is 18.0 Å². The van der Waals surface area contributed by atoms with Crippen molar-refractivity contribution in [3.05, 3.63) is 72.1 Å². The maximum atomic E-state index is 13.4. The van der Waals surface area contributed by atoms with Crippen LogP contribution in [0.5, 0.6) is 0 Å². The van der Waals surface area contributed by atoms with E-state index in [0.717, 1.165) is 0 Å². The van der Waals surface area contributed by atoms with Crippen molar-refractivity contribution in [2.75, 3.05) is 25.6 Å². The molecule has 0 bridgehead atoms. The summed E-state index contributed by atoms with van der Waals surface area (Å²) >= 11 is 0. The topological polar surface area (TPSA) is 138 Å². The Labute approximate surface area is 228 Å². The molecule has 10 nitrogen and oxygen atoms in total. The van der Waals surface area contributed by atoms with Gasteiger partial charge in [-0.05, 0) is 37.0 Å². The van der Waals surface area contributed by atoms with Crippen LogP contribution >= 0.6 is 0 Å². The smallest absolute Gasteiger partial charge is 0.258 e. The van der Waals surface area contributed by atoms with E-state index in [-0.39, 0.29) is 36.6 Å². The van der Waals surface area contributed by atoms with Crippen molar-refractivity contribution in [1.82, 2.24) is 15.5 Å². The molecule has 1 aliphatic heterocycles. The van der Waals surface area contributed by atoms with Crippen LogP contribution in [0.15, 0.2) is 65.2 Å². The fraction of sp³-hybridized carbons (Fsp3) is 0.429. The second kappa shape index (κ2) is 13.6. The van der Waals surface area contributed by atoms with Gasteiger partial charge in [0.25, 0.3) is 5.89 Å². The first-order valence-electron chi connectivity index (χ1n) is 13.0. The number of sulfone groups is 1. The van der Waals surface area contributed by atoms with E-state index in [0.29, 0.717) is 37.2 Å². The predicted molar refractivity (Wildman–Crippen MR) is 144 cm³/mol. The summed E-state index contributed by atoms with van der Waals surface area (Å²) in [5.74, 6) is -2.69. The minimum absolute atomic E-state index is 0.0878. The van der Waals surface area contributed by atoms with E-state index in [1.807, 2.05) is 24.3 Å². The van der Waals surface area contributed by atoms with E-state index < -0.39 is 39.2 Å². The Morgan fingerprint density at radius 3 is 2.38 bits per heavy atom. The fourth-order valence-electron chi connectivity index (χ4n) is 4.31. The van der Waals surface area contributed by atoms with Crippen molar-refractivity contribution < 1.29 is 32.0 Å². The fourth-order valence-corrected chi connectivity index (χ4v) is 5.99. The molecule has 1 aromatic heterocycles. The average Bonchev–Trinajstić information content (AvgIpc) is 3.45. The zero-order valence-corrected chi connectivity index (χ0v) is 22.6. The lowest BCUT2D eigenvalue weighted by Crippen LogP contribution is -2.46. The first-order valence-corrected chi connectivity index (χ1v) is 14.8. The number of ether oxygens (including phenoxy) is 2. The highest BCUT2D eigenvalue weighted by Crippen LogP contribution is 2.18. The summed E-state index contributed by atoms with van der Waals surface area (Å²) < 4.78 is 42.7. The van der Waals surface area contributed by atoms with Crippen LogP contribution in [-0.4, -0.2) is 68.0 Å². The maximum Gasteiger partial charge on any atom is 0.258 e. The third-order valence-electron chi connectivity index (χ3n) is 6.47. The number of carbonyl (C=O) groups excluding carboxylic acids is 2. The molecule has 11 heteroatoms. The Hall–Kier alpha value is -3.41. The van der Waals surface area contributed by atoms with Gasteiger partial charge >= 0.3 is 0 Å². The number of Topliss-reactive ketones (excluding diaryl/α,β-unsaturated/α-hetero) is 1. The molecule has 0 saturated carbocycles. The molecule has 1 saturated heterocycles. The number of ketones is 1. The molecule has 1 fully saturated rings. The third-order valence-corrected chi connectivity index (χ3v) is 8.15. The maximum absolute atomic E-state index is 13.4. The molecular weight excluding hydrogens is 522 g/mol. The number of benzene rings is 2. The van der Waals surface area contributed by atoms with Crippen LogP contribution in [0, 0.1) is 5.92 Å². The van der Waals surface area contributed by atoms with Gasteiger partial charge in [0.1, 0.15) is 0 Å². The number of rotatable bonds is 13. The van der Waals surface area contributed by atoms with E-state index in [1.165, 1.54) is 0 Å². The monoisotopic (exact) mass is 555 g/mol. The van der Waals surface area contributed by atoms with Crippen LogP contribution in [0.3, 0.4) is 0 Å². The molecule has 0 aliphatic carbocycles. The molecule has 1 amide bonds. The predicted octanol–water partition coefficient (Wildman–Crippen LogP) is 3.24. The van der Waals surface area contributed by atoms with Crippen LogP contribution in [0.2, 0.25) is 0 Å². The van der Waals surface area contributed by atoms with Crippen LogP contribution in [-0.2, 0) is 29.9 Å². The molecule has 1 unspecified atom stereocenters. The average molecular weight is 556 g/mol. The van der Waals surface area contributed by atoms with Gasteiger partial charge in [-0.25, -0.2) is 8.42 Å². The van der Waals surface area contributed by atoms with E-state index in [2.05, 4.69) is 15.5 Å². The van der Waals surface area contributed by atoms with Gasteiger partial charge in [0.2, 0.25) is 17.5 Å². The zero-order valence-electron chi connectivity index (χ0n) is 21.8. The quantitative estimate of drug-likeness (QED) is 0.315. The minimum atomic E-state index is -3.66. The Morgan fingerprint density at radius 1 is 1.05 bits per heavy atom. The highest BCUT2D eigenvalue weighted by atomic mass is 32.2. The van der Waals surface area contributed by atoms with Gasteiger partial charge in [-0.15, -0.1) is 0 Å². The first kappa shape index (κ1) is 28.6. The number of hydrogen-bond acceptors (Lipinski definition) is 9. The molecule has 39 heavy (non-hydrogen) atoms. The van der Waals surface area contributed by atoms with Gasteiger partial charge in [-0.2, -0.15) is 4.98 Å². The molecule has 3 aromatic rings. The molecule has 208 valence electrons. The summed E-state index contributed by atoms with van der Waals surface area (Å²) in [6.45, 7) is 2.75. The second-order valence-corrected chi connectivity index (χ2v) is 11.6. The van der Waals surface area contributed by atoms with Crippen LogP contribution < -0.4 is 5.32 Å². The van der Waals surface area contributed by atoms with Crippen LogP contribution in [0.25, 0.3) is 11.5 Å². The highest BCUT2D eigenvalue weighted by molar-refractivity contribution is 7.90. The summed E-state index contributed by atoms with van der Waals surface area (Å²) in [5, 5.41) is 6.51. The molecule has 0 spiro atoms. The highest BCUT2D eigenvalue weighted by Gasteiger charge is 2.32. The van der Waals surface area contributed by atoms with Crippen molar-refractivity contribution in [3.8, 4) is 11.5 Å². The van der Waals surface area contributed by atoms with Crippen LogP contribution in [0.1, 0.15) is 42.4 Å². The zero-order chi connectivity index (χ0) is 27.7. The lowest BCUT2D eigenvalue weighted by molar-refractivity contribution is -0.128. The summed E-state index contributed by atoms with van der Waals surface area (Å²) in [6, 6.07) is 16.9. The lowest BCUT2D eigenvalue weighted by Gasteiger charge is -2.26. The van der Waals surface area contributed by atoms with E-state index in [1.54, 1.807) is 43.3 Å². The van der Waals surface area contributed by atoms with Gasteiger partial charge in [0, 0.05) is 18.8 Å². The third kappa shape index (κ3) is 8.29. The Kier molecular flexibility index (Phi) is 9.96. The summed E-state index contributed by atoms with van der Waals surface area (Å²) in [5.41, 5.74) is 1.30. The lowest BCUT2D eigenvalue weighted by atomic mass is 10.1. The molecule has 1 aliphatic rings. The number of carbonyl (C=O) groups is 2. The van der Waals surface area contributed by atoms with Crippen molar-refractivity contribution in [2.24, 2.45) is 5.92 Å². The largest absolute Gasteiger partial charge is 0.381 e. The molecule has 2 heterocycles. The van der Waals surface area contributed by atoms with Crippen LogP contribution in [0.4, 0.5) is 0 Å². The van der Waals surface area contributed by atoms with E-state index in [4.69, 9.17) is 14.0 Å². The summed E-state index contributed by atoms with van der Waals surface area (Å²) in [4.78, 5) is 30.7. The normalized spacial score (nSPS) is 15.9. The van der Waals surface area contributed by atoms with Gasteiger partial charge in [-0.3, -0.25) is 9.59 Å². The Bertz CT molecular complexity index is 1320.